The zero-order chi connectivity index (χ0) is 15.2. The number of aromatic carboxylic acids is 1. The summed E-state index contributed by atoms with van der Waals surface area (Å²) >= 11 is 0. The van der Waals surface area contributed by atoms with Crippen LogP contribution in [0.5, 0.6) is 0 Å². The number of rotatable bonds is 7. The molecule has 1 heterocycles. The minimum absolute atomic E-state index is 0.246. The number of nitrogens with one attached hydrogen (secondary N) is 1. The van der Waals surface area contributed by atoms with Gasteiger partial charge in [0.1, 0.15) is 5.82 Å². The van der Waals surface area contributed by atoms with Gasteiger partial charge < -0.3 is 10.4 Å². The summed E-state index contributed by atoms with van der Waals surface area (Å²) in [5.41, 5.74) is 0.246. The van der Waals surface area contributed by atoms with E-state index in [1.54, 1.807) is 0 Å². The lowest BCUT2D eigenvalue weighted by Gasteiger charge is -2.11. The first-order valence-corrected chi connectivity index (χ1v) is 7.44. The average Bonchev–Trinajstić information content (AvgIpc) is 2.46. The third-order valence-electron chi connectivity index (χ3n) is 3.53. The van der Waals surface area contributed by atoms with Crippen molar-refractivity contribution in [2.24, 2.45) is 5.92 Å². The van der Waals surface area contributed by atoms with Crippen molar-refractivity contribution in [3.8, 4) is 0 Å². The second-order valence-corrected chi connectivity index (χ2v) is 5.69. The quantitative estimate of drug-likeness (QED) is 0.750. The Morgan fingerprint density at radius 2 is 1.95 bits per heavy atom. The van der Waals surface area contributed by atoms with Crippen molar-refractivity contribution in [2.75, 3.05) is 11.9 Å². The number of aromatic nitrogens is 1. The molecule has 0 bridgehead atoms. The molecule has 4 nitrogen and oxygen atoms in total. The number of unbranched alkanes of at least 4 members (excludes halogenated alkanes) is 1. The number of hydrogen-bond donors (Lipinski definition) is 2. The maximum absolute atomic E-state index is 11.2. The fraction of sp³-hybridized carbons (Fsp3) is 0.412. The van der Waals surface area contributed by atoms with E-state index in [2.05, 4.69) is 24.1 Å². The summed E-state index contributed by atoms with van der Waals surface area (Å²) in [7, 11) is 0. The van der Waals surface area contributed by atoms with E-state index in [0.717, 1.165) is 35.5 Å². The molecule has 1 aromatic carbocycles. The van der Waals surface area contributed by atoms with Crippen molar-refractivity contribution < 1.29 is 9.90 Å². The van der Waals surface area contributed by atoms with Crippen molar-refractivity contribution in [1.29, 1.82) is 0 Å². The molecule has 2 aromatic rings. The molecule has 0 saturated heterocycles. The fourth-order valence-corrected chi connectivity index (χ4v) is 2.39. The molecule has 0 amide bonds. The number of hydrogen-bond acceptors (Lipinski definition) is 3. The van der Waals surface area contributed by atoms with Gasteiger partial charge in [0.15, 0.2) is 0 Å². The Kier molecular flexibility index (Phi) is 5.14. The zero-order valence-corrected chi connectivity index (χ0v) is 12.6. The van der Waals surface area contributed by atoms with Crippen LogP contribution >= 0.6 is 0 Å². The van der Waals surface area contributed by atoms with E-state index in [9.17, 15) is 9.90 Å². The van der Waals surface area contributed by atoms with Gasteiger partial charge in [0.25, 0.3) is 0 Å². The van der Waals surface area contributed by atoms with Crippen LogP contribution in [0, 0.1) is 5.92 Å². The van der Waals surface area contributed by atoms with Crippen molar-refractivity contribution in [1.82, 2.24) is 4.98 Å². The van der Waals surface area contributed by atoms with Crippen molar-refractivity contribution in [3.05, 3.63) is 36.0 Å². The fourth-order valence-electron chi connectivity index (χ4n) is 2.39. The van der Waals surface area contributed by atoms with Crippen LogP contribution in [0.1, 0.15) is 43.5 Å². The predicted molar refractivity (Wildman–Crippen MR) is 85.9 cm³/mol. The molecular weight excluding hydrogens is 264 g/mol. The van der Waals surface area contributed by atoms with Gasteiger partial charge in [-0.2, -0.15) is 0 Å². The van der Waals surface area contributed by atoms with E-state index in [1.165, 1.54) is 19.0 Å². The van der Waals surface area contributed by atoms with E-state index in [0.29, 0.717) is 0 Å². The molecule has 21 heavy (non-hydrogen) atoms. The first-order valence-electron chi connectivity index (χ1n) is 7.44. The van der Waals surface area contributed by atoms with Gasteiger partial charge in [0, 0.05) is 23.5 Å². The van der Waals surface area contributed by atoms with Crippen LogP contribution in [0.15, 0.2) is 30.5 Å². The lowest BCUT2D eigenvalue weighted by molar-refractivity contribution is 0.0698. The lowest BCUT2D eigenvalue weighted by Crippen LogP contribution is -2.06. The van der Waals surface area contributed by atoms with Gasteiger partial charge >= 0.3 is 5.97 Å². The average molecular weight is 286 g/mol. The van der Waals surface area contributed by atoms with E-state index in [-0.39, 0.29) is 5.56 Å². The molecule has 1 aromatic heterocycles. The molecule has 2 rings (SSSR count). The van der Waals surface area contributed by atoms with Crippen LogP contribution in [0.3, 0.4) is 0 Å². The highest BCUT2D eigenvalue weighted by molar-refractivity contribution is 6.06. The summed E-state index contributed by atoms with van der Waals surface area (Å²) in [5.74, 6) is 0.557. The van der Waals surface area contributed by atoms with Gasteiger partial charge in [0.05, 0.1) is 5.56 Å². The standard InChI is InChI=1S/C17H22N2O2/c1-12(2)7-5-6-10-18-16-14-9-4-3-8-13(14)15(11-19-16)17(20)21/h3-4,8-9,11-12H,5-7,10H2,1-2H3,(H,18,19)(H,20,21). The predicted octanol–water partition coefficient (Wildman–Crippen LogP) is 4.17. The van der Waals surface area contributed by atoms with Crippen LogP contribution in [0.25, 0.3) is 10.8 Å². The van der Waals surface area contributed by atoms with Crippen LogP contribution in [0.2, 0.25) is 0 Å². The van der Waals surface area contributed by atoms with Crippen LogP contribution in [-0.4, -0.2) is 22.6 Å². The second kappa shape index (κ2) is 7.07. The SMILES string of the molecule is CC(C)CCCCNc1ncc(C(=O)O)c2ccccc12. The van der Waals surface area contributed by atoms with Gasteiger partial charge in [0.2, 0.25) is 0 Å². The maximum atomic E-state index is 11.2. The van der Waals surface area contributed by atoms with Gasteiger partial charge in [-0.25, -0.2) is 9.78 Å². The summed E-state index contributed by atoms with van der Waals surface area (Å²) < 4.78 is 0. The molecule has 0 spiro atoms. The number of carbonyl (C=O) groups is 1. The van der Waals surface area contributed by atoms with E-state index in [4.69, 9.17) is 0 Å². The molecular formula is C17H22N2O2. The summed E-state index contributed by atoms with van der Waals surface area (Å²) in [4.78, 5) is 15.5. The summed E-state index contributed by atoms with van der Waals surface area (Å²) in [6, 6.07) is 7.48. The molecule has 2 N–H and O–H groups in total. The number of fused-ring (bicyclic) bond motifs is 1. The number of carboxylic acids is 1. The van der Waals surface area contributed by atoms with Crippen molar-refractivity contribution in [3.63, 3.8) is 0 Å². The largest absolute Gasteiger partial charge is 0.478 e. The Hall–Kier alpha value is -2.10. The molecule has 112 valence electrons. The van der Waals surface area contributed by atoms with Crippen LogP contribution in [-0.2, 0) is 0 Å². The molecule has 0 saturated carbocycles. The Balaban J connectivity index is 2.11. The molecule has 0 unspecified atom stereocenters. The number of carboxylic acid groups (broad SMARTS) is 1. The van der Waals surface area contributed by atoms with E-state index >= 15 is 0 Å². The first kappa shape index (κ1) is 15.3. The van der Waals surface area contributed by atoms with Crippen LogP contribution < -0.4 is 5.32 Å². The lowest BCUT2D eigenvalue weighted by atomic mass is 10.1. The van der Waals surface area contributed by atoms with Gasteiger partial charge in [-0.3, -0.25) is 0 Å². The molecule has 0 radical (unpaired) electrons. The number of pyridine rings is 1. The van der Waals surface area contributed by atoms with E-state index in [1.807, 2.05) is 24.3 Å². The third kappa shape index (κ3) is 3.94. The van der Waals surface area contributed by atoms with Gasteiger partial charge in [-0.05, 0) is 12.3 Å². The number of benzene rings is 1. The topological polar surface area (TPSA) is 62.2 Å². The minimum Gasteiger partial charge on any atom is -0.478 e. The normalized spacial score (nSPS) is 11.0. The first-order chi connectivity index (χ1) is 10.1. The molecule has 0 aliphatic rings. The van der Waals surface area contributed by atoms with Crippen molar-refractivity contribution >= 4 is 22.6 Å². The summed E-state index contributed by atoms with van der Waals surface area (Å²) in [6.07, 6.45) is 4.94. The third-order valence-corrected chi connectivity index (χ3v) is 3.53. The highest BCUT2D eigenvalue weighted by Gasteiger charge is 2.11. The second-order valence-electron chi connectivity index (χ2n) is 5.69. The van der Waals surface area contributed by atoms with Gasteiger partial charge in [-0.1, -0.05) is 51.0 Å². The molecule has 0 atom stereocenters. The number of anilines is 1. The summed E-state index contributed by atoms with van der Waals surface area (Å²) in [6.45, 7) is 5.32. The minimum atomic E-state index is -0.942. The molecule has 0 aliphatic heterocycles. The monoisotopic (exact) mass is 286 g/mol. The van der Waals surface area contributed by atoms with Gasteiger partial charge in [-0.15, -0.1) is 0 Å². The Labute approximate surface area is 125 Å². The molecule has 0 aliphatic carbocycles. The Morgan fingerprint density at radius 3 is 2.62 bits per heavy atom. The maximum Gasteiger partial charge on any atom is 0.337 e. The Bertz CT molecular complexity index is 623. The zero-order valence-electron chi connectivity index (χ0n) is 12.6. The number of nitrogens with zero attached hydrogens (tertiary/aromatic N) is 1. The summed E-state index contributed by atoms with van der Waals surface area (Å²) in [5, 5.41) is 14.1. The Morgan fingerprint density at radius 1 is 1.24 bits per heavy atom. The smallest absolute Gasteiger partial charge is 0.337 e. The van der Waals surface area contributed by atoms with Crippen LogP contribution in [0.4, 0.5) is 5.82 Å². The highest BCUT2D eigenvalue weighted by Crippen LogP contribution is 2.24. The van der Waals surface area contributed by atoms with Crippen molar-refractivity contribution in [2.45, 2.75) is 33.1 Å². The molecule has 0 fully saturated rings. The molecule has 4 heteroatoms. The highest BCUT2D eigenvalue weighted by atomic mass is 16.4. The van der Waals surface area contributed by atoms with E-state index < -0.39 is 5.97 Å².